The molecule has 2 atom stereocenters. The van der Waals surface area contributed by atoms with Crippen LogP contribution in [0.3, 0.4) is 0 Å². The molecule has 1 amide bonds. The van der Waals surface area contributed by atoms with Crippen molar-refractivity contribution in [1.29, 1.82) is 0 Å². The van der Waals surface area contributed by atoms with Crippen LogP contribution in [0.2, 0.25) is 10.0 Å². The van der Waals surface area contributed by atoms with E-state index in [9.17, 15) is 4.79 Å². The standard InChI is InChI=1S/C20H23Cl2N3O4/c1-10(4-11(2)23)8-28-16-6-15-13(5-14(16)21)17-12(9-29-15)7-24-19(18(17)22)25-20(26)27-3/h5-7,10-11H,4,8-9,23H2,1-3H3,(H,24,25,26). The van der Waals surface area contributed by atoms with Gasteiger partial charge in [-0.15, -0.1) is 0 Å². The minimum absolute atomic E-state index is 0.107. The molecule has 0 radical (unpaired) electrons. The monoisotopic (exact) mass is 439 g/mol. The van der Waals surface area contributed by atoms with E-state index in [0.717, 1.165) is 12.0 Å². The summed E-state index contributed by atoms with van der Waals surface area (Å²) in [5, 5.41) is 3.22. The fourth-order valence-corrected chi connectivity index (χ4v) is 3.75. The van der Waals surface area contributed by atoms with Crippen molar-refractivity contribution in [3.8, 4) is 22.6 Å². The van der Waals surface area contributed by atoms with E-state index in [4.69, 9.17) is 38.4 Å². The molecule has 1 aliphatic heterocycles. The van der Waals surface area contributed by atoms with Crippen LogP contribution in [0.1, 0.15) is 25.8 Å². The molecule has 1 aliphatic rings. The molecule has 2 heterocycles. The van der Waals surface area contributed by atoms with Crippen molar-refractivity contribution < 1.29 is 19.0 Å². The van der Waals surface area contributed by atoms with Crippen molar-refractivity contribution in [1.82, 2.24) is 4.98 Å². The Morgan fingerprint density at radius 1 is 1.38 bits per heavy atom. The van der Waals surface area contributed by atoms with Gasteiger partial charge in [-0.25, -0.2) is 9.78 Å². The number of halogens is 2. The molecule has 1 aromatic heterocycles. The maximum atomic E-state index is 11.5. The number of rotatable bonds is 6. The lowest BCUT2D eigenvalue weighted by molar-refractivity contribution is 0.187. The molecule has 0 spiro atoms. The molecule has 0 fully saturated rings. The molecule has 0 saturated heterocycles. The number of nitrogens with one attached hydrogen (secondary N) is 1. The SMILES string of the molecule is COC(=O)Nc1ncc2c(c1Cl)-c1cc(Cl)c(OCC(C)CC(C)N)cc1OC2. The van der Waals surface area contributed by atoms with Gasteiger partial charge in [0.1, 0.15) is 18.1 Å². The summed E-state index contributed by atoms with van der Waals surface area (Å²) in [5.74, 6) is 1.61. The molecule has 0 aliphatic carbocycles. The van der Waals surface area contributed by atoms with Gasteiger partial charge in [-0.05, 0) is 25.3 Å². The number of anilines is 1. The molecule has 3 rings (SSSR count). The molecule has 0 saturated carbocycles. The Bertz CT molecular complexity index is 921. The highest BCUT2D eigenvalue weighted by Crippen LogP contribution is 2.47. The van der Waals surface area contributed by atoms with Gasteiger partial charge in [-0.2, -0.15) is 0 Å². The largest absolute Gasteiger partial charge is 0.492 e. The zero-order chi connectivity index (χ0) is 21.1. The van der Waals surface area contributed by atoms with Crippen molar-refractivity contribution in [2.75, 3.05) is 19.0 Å². The molecule has 156 valence electrons. The molecule has 9 heteroatoms. The van der Waals surface area contributed by atoms with E-state index >= 15 is 0 Å². The van der Waals surface area contributed by atoms with Gasteiger partial charge in [0, 0.05) is 35.0 Å². The fraction of sp³-hybridized carbons (Fsp3) is 0.400. The number of benzene rings is 1. The molecule has 3 N–H and O–H groups in total. The number of pyridine rings is 1. The summed E-state index contributed by atoms with van der Waals surface area (Å²) in [5.41, 5.74) is 8.03. The van der Waals surface area contributed by atoms with Crippen LogP contribution in [0.5, 0.6) is 11.5 Å². The molecule has 29 heavy (non-hydrogen) atoms. The first kappa shape index (κ1) is 21.5. The molecule has 0 bridgehead atoms. The number of aromatic nitrogens is 1. The highest BCUT2D eigenvalue weighted by atomic mass is 35.5. The normalized spacial score (nSPS) is 14.1. The predicted molar refractivity (Wildman–Crippen MR) is 113 cm³/mol. The lowest BCUT2D eigenvalue weighted by Gasteiger charge is -2.24. The van der Waals surface area contributed by atoms with Crippen LogP contribution in [0.4, 0.5) is 10.6 Å². The summed E-state index contributed by atoms with van der Waals surface area (Å²) in [4.78, 5) is 15.7. The number of hydrogen-bond donors (Lipinski definition) is 2. The topological polar surface area (TPSA) is 95.7 Å². The second-order valence-electron chi connectivity index (χ2n) is 7.13. The third-order valence-electron chi connectivity index (χ3n) is 4.49. The Morgan fingerprint density at radius 2 is 2.14 bits per heavy atom. The highest BCUT2D eigenvalue weighted by Gasteiger charge is 2.25. The van der Waals surface area contributed by atoms with Gasteiger partial charge in [0.15, 0.2) is 5.82 Å². The molecule has 2 aromatic rings. The fourth-order valence-electron chi connectivity index (χ4n) is 3.21. The van der Waals surface area contributed by atoms with E-state index in [1.54, 1.807) is 18.3 Å². The van der Waals surface area contributed by atoms with Gasteiger partial charge in [0.05, 0.1) is 23.8 Å². The molecular formula is C20H23Cl2N3O4. The van der Waals surface area contributed by atoms with Crippen molar-refractivity contribution in [3.05, 3.63) is 33.9 Å². The number of hydrogen-bond acceptors (Lipinski definition) is 6. The van der Waals surface area contributed by atoms with Crippen LogP contribution in [-0.4, -0.2) is 30.8 Å². The Balaban J connectivity index is 1.90. The van der Waals surface area contributed by atoms with Gasteiger partial charge in [0.25, 0.3) is 0 Å². The first-order chi connectivity index (χ1) is 13.8. The average Bonchev–Trinajstić information content (AvgIpc) is 2.67. The summed E-state index contributed by atoms with van der Waals surface area (Å²) >= 11 is 13.0. The van der Waals surface area contributed by atoms with E-state index in [-0.39, 0.29) is 29.4 Å². The highest BCUT2D eigenvalue weighted by molar-refractivity contribution is 6.37. The Kier molecular flexibility index (Phi) is 6.72. The van der Waals surface area contributed by atoms with Crippen LogP contribution in [0, 0.1) is 5.92 Å². The lowest BCUT2D eigenvalue weighted by atomic mass is 9.98. The number of methoxy groups -OCH3 is 1. The predicted octanol–water partition coefficient (Wildman–Crippen LogP) is 4.88. The summed E-state index contributed by atoms with van der Waals surface area (Å²) < 4.78 is 16.3. The van der Waals surface area contributed by atoms with Crippen LogP contribution in [0.25, 0.3) is 11.1 Å². The van der Waals surface area contributed by atoms with E-state index < -0.39 is 6.09 Å². The first-order valence-corrected chi connectivity index (χ1v) is 9.93. The Hall–Kier alpha value is -2.22. The molecule has 1 aromatic carbocycles. The van der Waals surface area contributed by atoms with E-state index in [1.165, 1.54) is 7.11 Å². The summed E-state index contributed by atoms with van der Waals surface area (Å²) in [6.45, 7) is 4.82. The van der Waals surface area contributed by atoms with Crippen molar-refractivity contribution in [2.24, 2.45) is 11.7 Å². The number of carbonyl (C=O) groups excluding carboxylic acids is 1. The molecule has 7 nitrogen and oxygen atoms in total. The Morgan fingerprint density at radius 3 is 2.83 bits per heavy atom. The number of fused-ring (bicyclic) bond motifs is 3. The summed E-state index contributed by atoms with van der Waals surface area (Å²) in [6, 6.07) is 3.61. The third kappa shape index (κ3) is 4.86. The zero-order valence-corrected chi connectivity index (χ0v) is 17.9. The van der Waals surface area contributed by atoms with Crippen LogP contribution in [0.15, 0.2) is 18.3 Å². The maximum Gasteiger partial charge on any atom is 0.412 e. The molecule has 2 unspecified atom stereocenters. The second-order valence-corrected chi connectivity index (χ2v) is 7.92. The van der Waals surface area contributed by atoms with Crippen LogP contribution >= 0.6 is 23.2 Å². The van der Waals surface area contributed by atoms with Crippen molar-refractivity contribution in [3.63, 3.8) is 0 Å². The zero-order valence-electron chi connectivity index (χ0n) is 16.4. The van der Waals surface area contributed by atoms with E-state index in [2.05, 4.69) is 22.0 Å². The minimum atomic E-state index is -0.658. The number of amides is 1. The quantitative estimate of drug-likeness (QED) is 0.665. The molecular weight excluding hydrogens is 417 g/mol. The maximum absolute atomic E-state index is 11.5. The summed E-state index contributed by atoms with van der Waals surface area (Å²) in [7, 11) is 1.27. The van der Waals surface area contributed by atoms with Gasteiger partial charge in [-0.1, -0.05) is 30.1 Å². The van der Waals surface area contributed by atoms with Gasteiger partial charge < -0.3 is 19.9 Å². The Labute approximate surface area is 179 Å². The van der Waals surface area contributed by atoms with Gasteiger partial charge >= 0.3 is 6.09 Å². The van der Waals surface area contributed by atoms with Gasteiger partial charge in [0.2, 0.25) is 0 Å². The van der Waals surface area contributed by atoms with Gasteiger partial charge in [-0.3, -0.25) is 5.32 Å². The van der Waals surface area contributed by atoms with Crippen LogP contribution < -0.4 is 20.5 Å². The number of carbonyl (C=O) groups is 1. The lowest BCUT2D eigenvalue weighted by Crippen LogP contribution is -2.21. The third-order valence-corrected chi connectivity index (χ3v) is 5.15. The second kappa shape index (κ2) is 9.07. The van der Waals surface area contributed by atoms with E-state index in [1.807, 2.05) is 6.92 Å². The van der Waals surface area contributed by atoms with Crippen molar-refractivity contribution >= 4 is 35.1 Å². The minimum Gasteiger partial charge on any atom is -0.492 e. The average molecular weight is 440 g/mol. The smallest absolute Gasteiger partial charge is 0.412 e. The van der Waals surface area contributed by atoms with Crippen molar-refractivity contribution in [2.45, 2.75) is 32.9 Å². The number of nitrogens with two attached hydrogens (primary N) is 1. The number of ether oxygens (including phenoxy) is 3. The van der Waals surface area contributed by atoms with E-state index in [0.29, 0.717) is 34.3 Å². The number of nitrogens with zero attached hydrogens (tertiary/aromatic N) is 1. The first-order valence-electron chi connectivity index (χ1n) is 9.17. The summed E-state index contributed by atoms with van der Waals surface area (Å²) in [6.07, 6.45) is 1.79. The van der Waals surface area contributed by atoms with Crippen LogP contribution in [-0.2, 0) is 11.3 Å².